The van der Waals surface area contributed by atoms with Crippen molar-refractivity contribution in [1.82, 2.24) is 14.2 Å². The zero-order chi connectivity index (χ0) is 28.6. The normalized spacial score (nSPS) is 13.9. The highest BCUT2D eigenvalue weighted by Gasteiger charge is 2.27. The van der Waals surface area contributed by atoms with Gasteiger partial charge in [0.25, 0.3) is 0 Å². The molecule has 0 atom stereocenters. The van der Waals surface area contributed by atoms with Gasteiger partial charge in [0.1, 0.15) is 0 Å². The molecule has 4 aromatic carbocycles. The summed E-state index contributed by atoms with van der Waals surface area (Å²) in [7, 11) is -1.80. The van der Waals surface area contributed by atoms with Gasteiger partial charge in [0, 0.05) is 31.6 Å². The number of likely N-dealkylation sites (N-methyl/N-ethyl adjacent to an activating group) is 1. The van der Waals surface area contributed by atoms with Crippen LogP contribution < -0.4 is 0 Å². The Kier molecular flexibility index (Phi) is 7.17. The van der Waals surface area contributed by atoms with Crippen LogP contribution in [0.25, 0.3) is 22.0 Å². The lowest BCUT2D eigenvalue weighted by Crippen LogP contribution is -2.30. The van der Waals surface area contributed by atoms with Gasteiger partial charge in [0.2, 0.25) is 15.9 Å². The SMILES string of the molecule is CN1CCc2c(-c3ccc(S(=O)(=O)N(Cc4ccccc4)Cc4ccccc4)cc3)cc3c(N=O)c(O)[nH]c3c2C1. The summed E-state index contributed by atoms with van der Waals surface area (Å²) in [6, 6.07) is 27.9. The fourth-order valence-electron chi connectivity index (χ4n) is 5.63. The molecule has 41 heavy (non-hydrogen) atoms. The maximum Gasteiger partial charge on any atom is 0.243 e. The summed E-state index contributed by atoms with van der Waals surface area (Å²) in [4.78, 5) is 16.9. The minimum atomic E-state index is -3.83. The lowest BCUT2D eigenvalue weighted by Gasteiger charge is -2.28. The number of aromatic hydroxyl groups is 1. The molecule has 0 bridgehead atoms. The number of nitrogens with zero attached hydrogens (tertiary/aromatic N) is 3. The van der Waals surface area contributed by atoms with Crippen molar-refractivity contribution in [3.63, 3.8) is 0 Å². The molecule has 0 amide bonds. The van der Waals surface area contributed by atoms with Crippen molar-refractivity contribution in [3.8, 4) is 17.0 Å². The summed E-state index contributed by atoms with van der Waals surface area (Å²) >= 11 is 0. The summed E-state index contributed by atoms with van der Waals surface area (Å²) in [6.07, 6.45) is 0.780. The molecule has 208 valence electrons. The average Bonchev–Trinajstić information content (AvgIpc) is 3.32. The predicted octanol–water partition coefficient (Wildman–Crippen LogP) is 6.32. The van der Waals surface area contributed by atoms with Crippen LogP contribution in [-0.4, -0.2) is 41.3 Å². The number of aromatic nitrogens is 1. The molecule has 0 unspecified atom stereocenters. The molecule has 0 saturated heterocycles. The first kappa shape index (κ1) is 26.9. The molecular formula is C32H30N4O4S. The lowest BCUT2D eigenvalue weighted by molar-refractivity contribution is 0.314. The van der Waals surface area contributed by atoms with Gasteiger partial charge in [-0.15, -0.1) is 4.91 Å². The molecular weight excluding hydrogens is 536 g/mol. The zero-order valence-corrected chi connectivity index (χ0v) is 23.4. The van der Waals surface area contributed by atoms with Gasteiger partial charge in [-0.25, -0.2) is 8.42 Å². The summed E-state index contributed by atoms with van der Waals surface area (Å²) in [5.74, 6) is -0.249. The Hall–Kier alpha value is -4.31. The van der Waals surface area contributed by atoms with Crippen LogP contribution in [0.3, 0.4) is 0 Å². The van der Waals surface area contributed by atoms with Crippen molar-refractivity contribution < 1.29 is 13.5 Å². The first-order valence-corrected chi connectivity index (χ1v) is 14.9. The highest BCUT2D eigenvalue weighted by Crippen LogP contribution is 2.43. The number of aromatic amines is 1. The van der Waals surface area contributed by atoms with Gasteiger partial charge in [0.05, 0.1) is 10.4 Å². The fourth-order valence-corrected chi connectivity index (χ4v) is 7.05. The third-order valence-corrected chi connectivity index (χ3v) is 9.55. The topological polar surface area (TPSA) is 106 Å². The molecule has 1 aromatic heterocycles. The Morgan fingerprint density at radius 3 is 2.10 bits per heavy atom. The number of sulfonamides is 1. The average molecular weight is 567 g/mol. The Bertz CT molecular complexity index is 1780. The molecule has 5 aromatic rings. The van der Waals surface area contributed by atoms with Crippen LogP contribution in [0.1, 0.15) is 22.3 Å². The van der Waals surface area contributed by atoms with E-state index >= 15 is 0 Å². The molecule has 2 heterocycles. The Morgan fingerprint density at radius 2 is 1.51 bits per heavy atom. The molecule has 0 radical (unpaired) electrons. The van der Waals surface area contributed by atoms with E-state index in [4.69, 9.17) is 0 Å². The van der Waals surface area contributed by atoms with Crippen molar-refractivity contribution in [3.05, 3.63) is 118 Å². The number of H-pyrrole nitrogens is 1. The lowest BCUT2D eigenvalue weighted by atomic mass is 9.89. The van der Waals surface area contributed by atoms with Crippen LogP contribution >= 0.6 is 0 Å². The Balaban J connectivity index is 1.40. The molecule has 0 fully saturated rings. The third-order valence-electron chi connectivity index (χ3n) is 7.74. The van der Waals surface area contributed by atoms with E-state index in [-0.39, 0.29) is 29.6 Å². The standard InChI is InChI=1S/C32H30N4O4S/c1-35-17-16-26-27(18-28-30(29(26)21-35)33-32(37)31(28)34-38)24-12-14-25(15-13-24)41(39,40)36(19-22-8-4-2-5-9-22)20-23-10-6-3-7-11-23/h2-15,18,33,37H,16-17,19-21H2,1H3. The summed E-state index contributed by atoms with van der Waals surface area (Å²) in [6.45, 7) is 2.00. The molecule has 6 rings (SSSR count). The molecule has 0 spiro atoms. The molecule has 2 N–H and O–H groups in total. The second kappa shape index (κ2) is 10.9. The Labute approximate surface area is 238 Å². The maximum atomic E-state index is 14.0. The zero-order valence-electron chi connectivity index (χ0n) is 22.6. The monoisotopic (exact) mass is 566 g/mol. The van der Waals surface area contributed by atoms with Crippen molar-refractivity contribution in [2.24, 2.45) is 5.18 Å². The smallest absolute Gasteiger partial charge is 0.243 e. The summed E-state index contributed by atoms with van der Waals surface area (Å²) in [5.41, 5.74) is 6.35. The number of nitroso groups, excluding NO2 is 1. The number of rotatable bonds is 8. The van der Waals surface area contributed by atoms with Crippen LogP contribution in [0.4, 0.5) is 5.69 Å². The number of benzene rings is 4. The second-order valence-electron chi connectivity index (χ2n) is 10.5. The molecule has 0 aliphatic carbocycles. The Morgan fingerprint density at radius 1 is 0.902 bits per heavy atom. The van der Waals surface area contributed by atoms with Crippen LogP contribution in [0.15, 0.2) is 101 Å². The van der Waals surface area contributed by atoms with Gasteiger partial charge in [-0.05, 0) is 70.2 Å². The van der Waals surface area contributed by atoms with E-state index in [9.17, 15) is 18.4 Å². The van der Waals surface area contributed by atoms with Crippen molar-refractivity contribution >= 4 is 26.6 Å². The maximum absolute atomic E-state index is 14.0. The van der Waals surface area contributed by atoms with E-state index in [0.717, 1.165) is 46.3 Å². The molecule has 9 heteroatoms. The quantitative estimate of drug-likeness (QED) is 0.214. The summed E-state index contributed by atoms with van der Waals surface area (Å²) in [5, 5.41) is 13.9. The summed E-state index contributed by atoms with van der Waals surface area (Å²) < 4.78 is 29.4. The first-order chi connectivity index (χ1) is 19.8. The van der Waals surface area contributed by atoms with Crippen LogP contribution in [0.5, 0.6) is 5.88 Å². The number of nitrogens with one attached hydrogen (secondary N) is 1. The van der Waals surface area contributed by atoms with Crippen molar-refractivity contribution in [2.75, 3.05) is 13.6 Å². The molecule has 1 aliphatic rings. The predicted molar refractivity (Wildman–Crippen MR) is 160 cm³/mol. The van der Waals surface area contributed by atoms with Gasteiger partial charge in [-0.1, -0.05) is 72.8 Å². The number of fused-ring (bicyclic) bond motifs is 3. The van der Waals surface area contributed by atoms with Crippen molar-refractivity contribution in [2.45, 2.75) is 31.0 Å². The van der Waals surface area contributed by atoms with Gasteiger partial charge in [-0.2, -0.15) is 4.31 Å². The van der Waals surface area contributed by atoms with E-state index in [1.165, 1.54) is 4.31 Å². The van der Waals surface area contributed by atoms with Crippen LogP contribution in [0, 0.1) is 4.91 Å². The highest BCUT2D eigenvalue weighted by molar-refractivity contribution is 7.89. The highest BCUT2D eigenvalue weighted by atomic mass is 32.2. The van der Waals surface area contributed by atoms with E-state index in [2.05, 4.69) is 15.1 Å². The largest absolute Gasteiger partial charge is 0.493 e. The van der Waals surface area contributed by atoms with E-state index in [0.29, 0.717) is 17.4 Å². The molecule has 1 aliphatic heterocycles. The number of hydrogen-bond acceptors (Lipinski definition) is 6. The third kappa shape index (κ3) is 5.15. The van der Waals surface area contributed by atoms with Gasteiger partial charge in [0.15, 0.2) is 5.69 Å². The van der Waals surface area contributed by atoms with Crippen LogP contribution in [0.2, 0.25) is 0 Å². The van der Waals surface area contributed by atoms with Gasteiger partial charge >= 0.3 is 0 Å². The van der Waals surface area contributed by atoms with E-state index in [1.54, 1.807) is 12.1 Å². The van der Waals surface area contributed by atoms with E-state index < -0.39 is 10.0 Å². The van der Waals surface area contributed by atoms with Crippen molar-refractivity contribution in [1.29, 1.82) is 0 Å². The number of hydrogen-bond donors (Lipinski definition) is 2. The minimum absolute atomic E-state index is 0.0195. The van der Waals surface area contributed by atoms with Gasteiger partial charge in [-0.3, -0.25) is 0 Å². The second-order valence-corrected chi connectivity index (χ2v) is 12.4. The van der Waals surface area contributed by atoms with Crippen LogP contribution in [-0.2, 0) is 36.1 Å². The molecule has 8 nitrogen and oxygen atoms in total. The van der Waals surface area contributed by atoms with Gasteiger partial charge < -0.3 is 15.0 Å². The molecule has 0 saturated carbocycles. The van der Waals surface area contributed by atoms with E-state index in [1.807, 2.05) is 85.9 Å². The minimum Gasteiger partial charge on any atom is -0.493 e. The fraction of sp³-hybridized carbons (Fsp3) is 0.188. The first-order valence-electron chi connectivity index (χ1n) is 13.4.